The minimum Gasteiger partial charge on any atom is -0.376 e. The Morgan fingerprint density at radius 1 is 1.27 bits per heavy atom. The van der Waals surface area contributed by atoms with Crippen molar-refractivity contribution in [1.29, 1.82) is 0 Å². The Hall–Kier alpha value is -2.12. The number of hydrogen-bond donors (Lipinski definition) is 1. The van der Waals surface area contributed by atoms with Gasteiger partial charge in [-0.1, -0.05) is 35.5 Å². The van der Waals surface area contributed by atoms with Gasteiger partial charge < -0.3 is 10.1 Å². The van der Waals surface area contributed by atoms with Crippen molar-refractivity contribution >= 4 is 28.6 Å². The number of fused-ring (bicyclic) bond motifs is 1. The van der Waals surface area contributed by atoms with Crippen LogP contribution in [0.1, 0.15) is 44.9 Å². The Labute approximate surface area is 181 Å². The van der Waals surface area contributed by atoms with E-state index >= 15 is 0 Å². The van der Waals surface area contributed by atoms with Gasteiger partial charge in [0.25, 0.3) is 5.56 Å². The highest BCUT2D eigenvalue weighted by Gasteiger charge is 2.20. The predicted molar refractivity (Wildman–Crippen MR) is 120 cm³/mol. The van der Waals surface area contributed by atoms with Gasteiger partial charge in [0.1, 0.15) is 0 Å². The number of amides is 1. The Balaban J connectivity index is 1.42. The van der Waals surface area contributed by atoms with Crippen LogP contribution >= 0.6 is 11.8 Å². The van der Waals surface area contributed by atoms with Gasteiger partial charge in [0.15, 0.2) is 5.16 Å². The molecular weight excluding hydrogens is 398 g/mol. The summed E-state index contributed by atoms with van der Waals surface area (Å²) >= 11 is 1.32. The molecule has 0 spiro atoms. The molecule has 1 aliphatic carbocycles. The van der Waals surface area contributed by atoms with Crippen LogP contribution in [0.4, 0.5) is 0 Å². The predicted octanol–water partition coefficient (Wildman–Crippen LogP) is 3.67. The van der Waals surface area contributed by atoms with Crippen molar-refractivity contribution in [2.24, 2.45) is 0 Å². The second-order valence-electron chi connectivity index (χ2n) is 7.96. The van der Waals surface area contributed by atoms with Crippen LogP contribution in [-0.4, -0.2) is 40.5 Å². The van der Waals surface area contributed by atoms with E-state index in [0.717, 1.165) is 38.7 Å². The zero-order chi connectivity index (χ0) is 20.8. The molecule has 1 N–H and O–H groups in total. The summed E-state index contributed by atoms with van der Waals surface area (Å²) in [5.74, 6) is 0.220. The van der Waals surface area contributed by atoms with Gasteiger partial charge in [-0.15, -0.1) is 0 Å². The molecule has 1 saturated heterocycles. The van der Waals surface area contributed by atoms with Crippen LogP contribution in [0.5, 0.6) is 0 Å². The van der Waals surface area contributed by atoms with Crippen LogP contribution in [0, 0.1) is 0 Å². The van der Waals surface area contributed by atoms with Crippen molar-refractivity contribution < 1.29 is 9.53 Å². The number of carbonyl (C=O) groups is 1. The Morgan fingerprint density at radius 2 is 2.17 bits per heavy atom. The molecule has 1 aromatic carbocycles. The van der Waals surface area contributed by atoms with Gasteiger partial charge in [0.05, 0.1) is 29.3 Å². The molecule has 2 aromatic rings. The smallest absolute Gasteiger partial charge is 0.262 e. The van der Waals surface area contributed by atoms with Crippen molar-refractivity contribution in [1.82, 2.24) is 14.9 Å². The molecule has 160 valence electrons. The monoisotopic (exact) mass is 427 g/mol. The maximum Gasteiger partial charge on any atom is 0.262 e. The molecule has 0 bridgehead atoms. The topological polar surface area (TPSA) is 73.2 Å². The standard InChI is InChI=1S/C23H29N3O3S/c27-21(24-13-12-17-7-2-1-3-8-17)16-30-23-25-20-11-5-4-10-19(20)22(28)26(23)15-18-9-6-14-29-18/h4-5,7,10-11,18H,1-3,6,8-9,12-16H2,(H,24,27). The summed E-state index contributed by atoms with van der Waals surface area (Å²) in [4.78, 5) is 30.1. The minimum atomic E-state index is -0.0664. The Kier molecular flexibility index (Phi) is 7.23. The van der Waals surface area contributed by atoms with Gasteiger partial charge in [0, 0.05) is 13.2 Å². The lowest BCUT2D eigenvalue weighted by Gasteiger charge is -2.16. The van der Waals surface area contributed by atoms with E-state index in [0.29, 0.717) is 29.1 Å². The van der Waals surface area contributed by atoms with E-state index in [9.17, 15) is 9.59 Å². The van der Waals surface area contributed by atoms with E-state index in [1.807, 2.05) is 18.2 Å². The molecule has 4 rings (SSSR count). The zero-order valence-electron chi connectivity index (χ0n) is 17.3. The number of allylic oxidation sites excluding steroid dienone is 1. The lowest BCUT2D eigenvalue weighted by atomic mass is 9.97. The maximum absolute atomic E-state index is 13.1. The van der Waals surface area contributed by atoms with Crippen molar-refractivity contribution in [3.63, 3.8) is 0 Å². The van der Waals surface area contributed by atoms with Crippen molar-refractivity contribution in [2.45, 2.75) is 62.8 Å². The highest BCUT2D eigenvalue weighted by Crippen LogP contribution is 2.21. The summed E-state index contributed by atoms with van der Waals surface area (Å²) in [6, 6.07) is 7.37. The number of thioether (sulfide) groups is 1. The first-order chi connectivity index (χ1) is 14.7. The molecule has 6 nitrogen and oxygen atoms in total. The molecule has 7 heteroatoms. The van der Waals surface area contributed by atoms with Crippen molar-refractivity contribution in [3.8, 4) is 0 Å². The number of carbonyl (C=O) groups excluding carboxylic acids is 1. The van der Waals surface area contributed by atoms with Gasteiger partial charge in [-0.2, -0.15) is 0 Å². The molecule has 2 aliphatic rings. The van der Waals surface area contributed by atoms with E-state index < -0.39 is 0 Å². The number of ether oxygens (including phenoxy) is 1. The lowest BCUT2D eigenvalue weighted by Crippen LogP contribution is -2.30. The largest absolute Gasteiger partial charge is 0.376 e. The Bertz CT molecular complexity index is 979. The van der Waals surface area contributed by atoms with Crippen LogP contribution in [0.3, 0.4) is 0 Å². The molecule has 1 amide bonds. The number of nitrogens with zero attached hydrogens (tertiary/aromatic N) is 2. The number of aromatic nitrogens is 2. The van der Waals surface area contributed by atoms with Crippen LogP contribution < -0.4 is 10.9 Å². The Morgan fingerprint density at radius 3 is 2.97 bits per heavy atom. The average molecular weight is 428 g/mol. The average Bonchev–Trinajstić information content (AvgIpc) is 3.29. The van der Waals surface area contributed by atoms with Gasteiger partial charge >= 0.3 is 0 Å². The van der Waals surface area contributed by atoms with Gasteiger partial charge in [-0.05, 0) is 57.1 Å². The first-order valence-electron chi connectivity index (χ1n) is 10.9. The van der Waals surface area contributed by atoms with E-state index in [4.69, 9.17) is 4.74 Å². The van der Waals surface area contributed by atoms with E-state index in [-0.39, 0.29) is 23.3 Å². The normalized spacial score (nSPS) is 19.1. The third-order valence-corrected chi connectivity index (χ3v) is 6.70. The fourth-order valence-corrected chi connectivity index (χ4v) is 4.92. The summed E-state index contributed by atoms with van der Waals surface area (Å²) in [6.45, 7) is 1.88. The van der Waals surface area contributed by atoms with Crippen LogP contribution in [-0.2, 0) is 16.1 Å². The minimum absolute atomic E-state index is 0.0255. The molecule has 1 aliphatic heterocycles. The number of hydrogen-bond acceptors (Lipinski definition) is 5. The fourth-order valence-electron chi connectivity index (χ4n) is 4.09. The third-order valence-electron chi connectivity index (χ3n) is 5.72. The lowest BCUT2D eigenvalue weighted by molar-refractivity contribution is -0.118. The van der Waals surface area contributed by atoms with Crippen molar-refractivity contribution in [3.05, 3.63) is 46.3 Å². The van der Waals surface area contributed by atoms with Gasteiger partial charge in [0.2, 0.25) is 5.91 Å². The number of nitrogens with one attached hydrogen (secondary N) is 1. The summed E-state index contributed by atoms with van der Waals surface area (Å²) < 4.78 is 7.42. The first-order valence-corrected chi connectivity index (χ1v) is 11.9. The SMILES string of the molecule is O=C(CSc1nc2ccccc2c(=O)n1CC1CCCO1)NCCC1=CCCCC1. The fraction of sp³-hybridized carbons (Fsp3) is 0.522. The van der Waals surface area contributed by atoms with E-state index in [1.54, 1.807) is 10.6 Å². The van der Waals surface area contributed by atoms with Gasteiger partial charge in [-0.3, -0.25) is 14.2 Å². The molecular formula is C23H29N3O3S. The third kappa shape index (κ3) is 5.32. The maximum atomic E-state index is 13.1. The quantitative estimate of drug-likeness (QED) is 0.395. The first kappa shape index (κ1) is 21.1. The second-order valence-corrected chi connectivity index (χ2v) is 8.90. The van der Waals surface area contributed by atoms with Crippen LogP contribution in [0.15, 0.2) is 45.9 Å². The number of para-hydroxylation sites is 1. The van der Waals surface area contributed by atoms with Gasteiger partial charge in [-0.25, -0.2) is 4.98 Å². The molecule has 1 unspecified atom stereocenters. The van der Waals surface area contributed by atoms with E-state index in [2.05, 4.69) is 16.4 Å². The molecule has 1 atom stereocenters. The highest BCUT2D eigenvalue weighted by molar-refractivity contribution is 7.99. The summed E-state index contributed by atoms with van der Waals surface area (Å²) in [6.07, 6.45) is 10.1. The molecule has 0 saturated carbocycles. The summed E-state index contributed by atoms with van der Waals surface area (Å²) in [5.41, 5.74) is 2.05. The summed E-state index contributed by atoms with van der Waals surface area (Å²) in [5, 5.41) is 4.19. The summed E-state index contributed by atoms with van der Waals surface area (Å²) in [7, 11) is 0. The van der Waals surface area contributed by atoms with Crippen LogP contribution in [0.25, 0.3) is 10.9 Å². The molecule has 2 heterocycles. The molecule has 30 heavy (non-hydrogen) atoms. The molecule has 0 radical (unpaired) electrons. The zero-order valence-corrected chi connectivity index (χ0v) is 18.1. The molecule has 1 aromatic heterocycles. The number of benzene rings is 1. The van der Waals surface area contributed by atoms with Crippen LogP contribution in [0.2, 0.25) is 0 Å². The highest BCUT2D eigenvalue weighted by atomic mass is 32.2. The van der Waals surface area contributed by atoms with Crippen molar-refractivity contribution in [2.75, 3.05) is 18.9 Å². The second kappa shape index (κ2) is 10.3. The van der Waals surface area contributed by atoms with E-state index in [1.165, 1.54) is 30.2 Å². The number of rotatable bonds is 8. The molecule has 1 fully saturated rings.